The van der Waals surface area contributed by atoms with Crippen LogP contribution in [0, 0.1) is 11.8 Å². The molecule has 0 saturated heterocycles. The molecule has 0 aliphatic heterocycles. The van der Waals surface area contributed by atoms with Crippen molar-refractivity contribution >= 4 is 11.8 Å². The van der Waals surface area contributed by atoms with Crippen LogP contribution in [0.1, 0.15) is 31.9 Å². The summed E-state index contributed by atoms with van der Waals surface area (Å²) in [7, 11) is 0. The standard InChI is InChI=1S/C22H21FO3/c1-21(2,3)26-20(25)22(23,16-18-12-8-5-9-13-18)19(24)15-14-17-10-6-4-7-11-17/h4-13H,16H2,1-3H3. The number of ether oxygens (including phenoxy) is 1. The monoisotopic (exact) mass is 352 g/mol. The van der Waals surface area contributed by atoms with Crippen molar-refractivity contribution in [2.24, 2.45) is 0 Å². The molecule has 0 aromatic heterocycles. The number of carbonyl (C=O) groups excluding carboxylic acids is 2. The van der Waals surface area contributed by atoms with Gasteiger partial charge in [-0.3, -0.25) is 4.79 Å². The number of alkyl halides is 1. The highest BCUT2D eigenvalue weighted by molar-refractivity contribution is 6.15. The van der Waals surface area contributed by atoms with Crippen molar-refractivity contribution in [3.8, 4) is 11.8 Å². The molecule has 1 unspecified atom stereocenters. The predicted octanol–water partition coefficient (Wildman–Crippen LogP) is 3.90. The fraction of sp³-hybridized carbons (Fsp3) is 0.273. The molecule has 0 radical (unpaired) electrons. The molecule has 2 rings (SSSR count). The molecule has 0 spiro atoms. The molecule has 0 fully saturated rings. The van der Waals surface area contributed by atoms with Crippen molar-refractivity contribution in [3.05, 3.63) is 71.8 Å². The van der Waals surface area contributed by atoms with Crippen LogP contribution in [0.2, 0.25) is 0 Å². The average molecular weight is 352 g/mol. The van der Waals surface area contributed by atoms with Crippen LogP contribution in [-0.4, -0.2) is 23.0 Å². The lowest BCUT2D eigenvalue weighted by atomic mass is 9.91. The molecule has 2 aromatic carbocycles. The van der Waals surface area contributed by atoms with Crippen molar-refractivity contribution in [1.82, 2.24) is 0 Å². The van der Waals surface area contributed by atoms with E-state index in [4.69, 9.17) is 4.74 Å². The van der Waals surface area contributed by atoms with E-state index < -0.39 is 29.4 Å². The summed E-state index contributed by atoms with van der Waals surface area (Å²) < 4.78 is 20.7. The second-order valence-electron chi connectivity index (χ2n) is 6.91. The molecule has 0 aliphatic rings. The minimum atomic E-state index is -2.86. The minimum Gasteiger partial charge on any atom is -0.457 e. The lowest BCUT2D eigenvalue weighted by Gasteiger charge is -2.26. The Kier molecular flexibility index (Phi) is 5.94. The van der Waals surface area contributed by atoms with Gasteiger partial charge in [-0.15, -0.1) is 0 Å². The molecule has 1 atom stereocenters. The molecule has 0 heterocycles. The van der Waals surface area contributed by atoms with Crippen molar-refractivity contribution in [2.75, 3.05) is 0 Å². The van der Waals surface area contributed by atoms with Crippen LogP contribution in [0.4, 0.5) is 4.39 Å². The first-order valence-electron chi connectivity index (χ1n) is 8.28. The van der Waals surface area contributed by atoms with Gasteiger partial charge < -0.3 is 4.74 Å². The zero-order valence-corrected chi connectivity index (χ0v) is 15.1. The Labute approximate surface area is 153 Å². The molecule has 26 heavy (non-hydrogen) atoms. The number of esters is 1. The normalized spacial score (nSPS) is 13.1. The summed E-state index contributed by atoms with van der Waals surface area (Å²) in [6.45, 7) is 4.86. The van der Waals surface area contributed by atoms with Crippen LogP contribution in [0.15, 0.2) is 60.7 Å². The van der Waals surface area contributed by atoms with Gasteiger partial charge in [-0.25, -0.2) is 9.18 Å². The van der Waals surface area contributed by atoms with Gasteiger partial charge in [0.2, 0.25) is 0 Å². The number of Topliss-reactive ketones (excluding diaryl/α,β-unsaturated/α-hetero) is 1. The lowest BCUT2D eigenvalue weighted by molar-refractivity contribution is -0.171. The summed E-state index contributed by atoms with van der Waals surface area (Å²) in [4.78, 5) is 25.0. The maximum Gasteiger partial charge on any atom is 0.353 e. The first-order valence-corrected chi connectivity index (χ1v) is 8.28. The highest BCUT2D eigenvalue weighted by atomic mass is 19.1. The molecular weight excluding hydrogens is 331 g/mol. The maximum absolute atomic E-state index is 15.6. The highest BCUT2D eigenvalue weighted by Crippen LogP contribution is 2.24. The summed E-state index contributed by atoms with van der Waals surface area (Å²) in [5.41, 5.74) is -2.71. The Morgan fingerprint density at radius 1 is 0.962 bits per heavy atom. The topological polar surface area (TPSA) is 43.4 Å². The second-order valence-corrected chi connectivity index (χ2v) is 6.91. The smallest absolute Gasteiger partial charge is 0.353 e. The zero-order chi connectivity index (χ0) is 19.2. The van der Waals surface area contributed by atoms with Gasteiger partial charge in [-0.1, -0.05) is 54.5 Å². The van der Waals surface area contributed by atoms with E-state index >= 15 is 4.39 Å². The van der Waals surface area contributed by atoms with E-state index in [0.29, 0.717) is 11.1 Å². The largest absolute Gasteiger partial charge is 0.457 e. The number of hydrogen-bond acceptors (Lipinski definition) is 3. The SMILES string of the molecule is CC(C)(C)OC(=O)C(F)(Cc1ccccc1)C(=O)C#Cc1ccccc1. The van der Waals surface area contributed by atoms with E-state index in [0.717, 1.165) is 0 Å². The number of hydrogen-bond donors (Lipinski definition) is 0. The Balaban J connectivity index is 2.34. The van der Waals surface area contributed by atoms with Gasteiger partial charge in [-0.2, -0.15) is 0 Å². The van der Waals surface area contributed by atoms with Gasteiger partial charge in [0.25, 0.3) is 11.5 Å². The number of benzene rings is 2. The molecule has 0 bridgehead atoms. The highest BCUT2D eigenvalue weighted by Gasteiger charge is 2.48. The molecule has 0 N–H and O–H groups in total. The Bertz CT molecular complexity index is 826. The first kappa shape index (κ1) is 19.4. The van der Waals surface area contributed by atoms with E-state index in [1.165, 1.54) is 0 Å². The molecule has 0 aliphatic carbocycles. The molecule has 0 amide bonds. The van der Waals surface area contributed by atoms with E-state index in [2.05, 4.69) is 11.8 Å². The number of carbonyl (C=O) groups is 2. The molecule has 0 saturated carbocycles. The van der Waals surface area contributed by atoms with Crippen molar-refractivity contribution in [1.29, 1.82) is 0 Å². The Hall–Kier alpha value is -2.93. The van der Waals surface area contributed by atoms with Gasteiger partial charge in [0.1, 0.15) is 5.60 Å². The molecular formula is C22H21FO3. The summed E-state index contributed by atoms with van der Waals surface area (Å²) in [6.07, 6.45) is -0.426. The Morgan fingerprint density at radius 3 is 2.04 bits per heavy atom. The summed E-state index contributed by atoms with van der Waals surface area (Å²) >= 11 is 0. The van der Waals surface area contributed by atoms with Gasteiger partial charge >= 0.3 is 5.97 Å². The second kappa shape index (κ2) is 7.97. The van der Waals surface area contributed by atoms with Gasteiger partial charge in [-0.05, 0) is 44.4 Å². The van der Waals surface area contributed by atoms with Crippen molar-refractivity contribution < 1.29 is 18.7 Å². The number of halogens is 1. The molecule has 4 heteroatoms. The van der Waals surface area contributed by atoms with Crippen molar-refractivity contribution in [3.63, 3.8) is 0 Å². The lowest BCUT2D eigenvalue weighted by Crippen LogP contribution is -2.47. The molecule has 134 valence electrons. The van der Waals surface area contributed by atoms with E-state index in [9.17, 15) is 9.59 Å². The first-order chi connectivity index (χ1) is 12.2. The predicted molar refractivity (Wildman–Crippen MR) is 98.2 cm³/mol. The molecule has 2 aromatic rings. The third-order valence-corrected chi connectivity index (χ3v) is 3.47. The summed E-state index contributed by atoms with van der Waals surface area (Å²) in [5, 5.41) is 0. The fourth-order valence-electron chi connectivity index (χ4n) is 2.23. The van der Waals surface area contributed by atoms with Crippen LogP contribution in [0.5, 0.6) is 0 Å². The van der Waals surface area contributed by atoms with Crippen LogP contribution in [0.25, 0.3) is 0 Å². The summed E-state index contributed by atoms with van der Waals surface area (Å²) in [5.74, 6) is 2.54. The third kappa shape index (κ3) is 5.29. The average Bonchev–Trinajstić information content (AvgIpc) is 2.59. The van der Waals surface area contributed by atoms with E-state index in [1.807, 2.05) is 6.07 Å². The van der Waals surface area contributed by atoms with Gasteiger partial charge in [0.15, 0.2) is 0 Å². The van der Waals surface area contributed by atoms with Gasteiger partial charge in [0.05, 0.1) is 0 Å². The number of rotatable bonds is 4. The number of ketones is 1. The van der Waals surface area contributed by atoms with E-state index in [1.54, 1.807) is 75.4 Å². The third-order valence-electron chi connectivity index (χ3n) is 3.47. The van der Waals surface area contributed by atoms with Crippen LogP contribution < -0.4 is 0 Å². The summed E-state index contributed by atoms with van der Waals surface area (Å²) in [6, 6.07) is 17.2. The quantitative estimate of drug-likeness (QED) is 0.476. The molecule has 3 nitrogen and oxygen atoms in total. The zero-order valence-electron chi connectivity index (χ0n) is 15.1. The Morgan fingerprint density at radius 2 is 1.50 bits per heavy atom. The van der Waals surface area contributed by atoms with Crippen LogP contribution in [-0.2, 0) is 20.7 Å². The fourth-order valence-corrected chi connectivity index (χ4v) is 2.23. The van der Waals surface area contributed by atoms with Crippen LogP contribution >= 0.6 is 0 Å². The van der Waals surface area contributed by atoms with E-state index in [-0.39, 0.29) is 0 Å². The van der Waals surface area contributed by atoms with Crippen LogP contribution in [0.3, 0.4) is 0 Å². The van der Waals surface area contributed by atoms with Gasteiger partial charge in [0, 0.05) is 12.0 Å². The minimum absolute atomic E-state index is 0.426. The maximum atomic E-state index is 15.6. The van der Waals surface area contributed by atoms with Crippen molar-refractivity contribution in [2.45, 2.75) is 38.5 Å².